The maximum atomic E-state index is 9.76. The number of rotatable bonds is 6. The second kappa shape index (κ2) is 14.8. The first-order valence-electron chi connectivity index (χ1n) is 5.65. The zero-order chi connectivity index (χ0) is 11.2. The molecule has 0 aliphatic heterocycles. The standard InChI is InChI=1S/C6H14.C5H11NO2/c1-3-5-6-4-2;1-2-3-4-6-5(7)8/h3-6H2,1-2H3;6H,2-4H2,1H3,(H,7,8). The van der Waals surface area contributed by atoms with Crippen LogP contribution in [-0.4, -0.2) is 17.7 Å². The highest BCUT2D eigenvalue weighted by atomic mass is 16.4. The van der Waals surface area contributed by atoms with Crippen LogP contribution in [0.25, 0.3) is 0 Å². The number of carbonyl (C=O) groups is 1. The molecule has 86 valence electrons. The lowest BCUT2D eigenvalue weighted by molar-refractivity contribution is 0.194. The van der Waals surface area contributed by atoms with Gasteiger partial charge in [0.05, 0.1) is 0 Å². The summed E-state index contributed by atoms with van der Waals surface area (Å²) in [5, 5.41) is 10.3. The van der Waals surface area contributed by atoms with Crippen LogP contribution in [0, 0.1) is 0 Å². The summed E-state index contributed by atoms with van der Waals surface area (Å²) in [6.45, 7) is 7.06. The van der Waals surface area contributed by atoms with E-state index in [1.165, 1.54) is 25.7 Å². The van der Waals surface area contributed by atoms with Gasteiger partial charge in [0.1, 0.15) is 0 Å². The molecule has 3 heteroatoms. The van der Waals surface area contributed by atoms with E-state index in [0.717, 1.165) is 12.8 Å². The van der Waals surface area contributed by atoms with Gasteiger partial charge in [-0.2, -0.15) is 0 Å². The molecule has 0 bridgehead atoms. The molecule has 0 rings (SSSR count). The second-order valence-electron chi connectivity index (χ2n) is 3.29. The van der Waals surface area contributed by atoms with Gasteiger partial charge in [-0.3, -0.25) is 0 Å². The summed E-state index contributed by atoms with van der Waals surface area (Å²) in [7, 11) is 0. The summed E-state index contributed by atoms with van der Waals surface area (Å²) < 4.78 is 0. The van der Waals surface area contributed by atoms with Crippen LogP contribution in [0.2, 0.25) is 0 Å². The molecule has 0 aromatic heterocycles. The van der Waals surface area contributed by atoms with Crippen molar-refractivity contribution in [3.8, 4) is 0 Å². The molecule has 0 aromatic rings. The van der Waals surface area contributed by atoms with Crippen LogP contribution in [0.4, 0.5) is 4.79 Å². The topological polar surface area (TPSA) is 49.3 Å². The van der Waals surface area contributed by atoms with E-state index >= 15 is 0 Å². The molecule has 0 spiro atoms. The van der Waals surface area contributed by atoms with Gasteiger partial charge in [0.2, 0.25) is 0 Å². The number of unbranched alkanes of at least 4 members (excludes halogenated alkanes) is 4. The summed E-state index contributed by atoms with van der Waals surface area (Å²) in [6.07, 6.45) is 6.56. The van der Waals surface area contributed by atoms with Crippen LogP contribution in [0.5, 0.6) is 0 Å². The highest BCUT2D eigenvalue weighted by Gasteiger charge is 1.88. The highest BCUT2D eigenvalue weighted by molar-refractivity contribution is 5.64. The van der Waals surface area contributed by atoms with Gasteiger partial charge < -0.3 is 10.4 Å². The van der Waals surface area contributed by atoms with E-state index in [0.29, 0.717) is 6.54 Å². The predicted octanol–water partition coefficient (Wildman–Crippen LogP) is 3.64. The van der Waals surface area contributed by atoms with Crippen molar-refractivity contribution in [2.45, 2.75) is 59.3 Å². The highest BCUT2D eigenvalue weighted by Crippen LogP contribution is 1.95. The van der Waals surface area contributed by atoms with Crippen LogP contribution in [0.3, 0.4) is 0 Å². The molecule has 1 amide bonds. The fourth-order valence-corrected chi connectivity index (χ4v) is 0.872. The average molecular weight is 203 g/mol. The van der Waals surface area contributed by atoms with Gasteiger partial charge >= 0.3 is 6.09 Å². The van der Waals surface area contributed by atoms with E-state index < -0.39 is 6.09 Å². The van der Waals surface area contributed by atoms with Crippen molar-refractivity contribution in [2.24, 2.45) is 0 Å². The maximum absolute atomic E-state index is 9.76. The van der Waals surface area contributed by atoms with Crippen molar-refractivity contribution in [3.63, 3.8) is 0 Å². The van der Waals surface area contributed by atoms with E-state index in [9.17, 15) is 4.79 Å². The van der Waals surface area contributed by atoms with Gasteiger partial charge in [0.25, 0.3) is 0 Å². The number of nitrogens with one attached hydrogen (secondary N) is 1. The predicted molar refractivity (Wildman–Crippen MR) is 60.8 cm³/mol. The Morgan fingerprint density at radius 1 is 1.00 bits per heavy atom. The van der Waals surface area contributed by atoms with E-state index in [1.807, 2.05) is 6.92 Å². The molecule has 3 nitrogen and oxygen atoms in total. The number of hydrogen-bond acceptors (Lipinski definition) is 1. The SMILES string of the molecule is CCCCCC.CCCCNC(=O)O. The van der Waals surface area contributed by atoms with Crippen LogP contribution >= 0.6 is 0 Å². The minimum absolute atomic E-state index is 0.575. The molecule has 2 N–H and O–H groups in total. The normalized spacial score (nSPS) is 8.79. The number of hydrogen-bond donors (Lipinski definition) is 2. The Labute approximate surface area is 87.9 Å². The molecule has 0 heterocycles. The first kappa shape index (κ1) is 15.7. The van der Waals surface area contributed by atoms with E-state index in [-0.39, 0.29) is 0 Å². The summed E-state index contributed by atoms with van der Waals surface area (Å²) >= 11 is 0. The van der Waals surface area contributed by atoms with Crippen LogP contribution in [0.15, 0.2) is 0 Å². The molecule has 0 aliphatic carbocycles. The Balaban J connectivity index is 0. The molecule has 0 saturated heterocycles. The average Bonchev–Trinajstić information content (AvgIpc) is 2.16. The quantitative estimate of drug-likeness (QED) is 0.647. The van der Waals surface area contributed by atoms with Crippen LogP contribution < -0.4 is 5.32 Å². The van der Waals surface area contributed by atoms with E-state index in [1.54, 1.807) is 0 Å². The third-order valence-corrected chi connectivity index (χ3v) is 1.76. The van der Waals surface area contributed by atoms with Crippen molar-refractivity contribution in [2.75, 3.05) is 6.54 Å². The van der Waals surface area contributed by atoms with E-state index in [2.05, 4.69) is 19.2 Å². The fraction of sp³-hybridized carbons (Fsp3) is 0.909. The van der Waals surface area contributed by atoms with Crippen molar-refractivity contribution in [1.82, 2.24) is 5.32 Å². The molecular formula is C11H25NO2. The molecule has 0 radical (unpaired) electrons. The van der Waals surface area contributed by atoms with Gasteiger partial charge in [0.15, 0.2) is 0 Å². The first-order chi connectivity index (χ1) is 6.68. The largest absolute Gasteiger partial charge is 0.465 e. The zero-order valence-electron chi connectivity index (χ0n) is 9.81. The minimum Gasteiger partial charge on any atom is -0.465 e. The lowest BCUT2D eigenvalue weighted by Gasteiger charge is -1.94. The lowest BCUT2D eigenvalue weighted by atomic mass is 10.2. The third-order valence-electron chi connectivity index (χ3n) is 1.76. The minimum atomic E-state index is -0.932. The summed E-state index contributed by atoms with van der Waals surface area (Å²) in [6, 6.07) is 0. The Bertz CT molecular complexity index is 112. The second-order valence-corrected chi connectivity index (χ2v) is 3.29. The maximum Gasteiger partial charge on any atom is 0.404 e. The summed E-state index contributed by atoms with van der Waals surface area (Å²) in [5.41, 5.74) is 0. The van der Waals surface area contributed by atoms with Crippen molar-refractivity contribution >= 4 is 6.09 Å². The van der Waals surface area contributed by atoms with Gasteiger partial charge in [0, 0.05) is 6.54 Å². The van der Waals surface area contributed by atoms with Crippen molar-refractivity contribution in [3.05, 3.63) is 0 Å². The smallest absolute Gasteiger partial charge is 0.404 e. The molecule has 0 saturated carbocycles. The van der Waals surface area contributed by atoms with Crippen molar-refractivity contribution in [1.29, 1.82) is 0 Å². The van der Waals surface area contributed by atoms with E-state index in [4.69, 9.17) is 5.11 Å². The first-order valence-corrected chi connectivity index (χ1v) is 5.65. The summed E-state index contributed by atoms with van der Waals surface area (Å²) in [4.78, 5) is 9.76. The Kier molecular flexibility index (Phi) is 16.6. The van der Waals surface area contributed by atoms with Gasteiger partial charge in [-0.25, -0.2) is 4.79 Å². The molecule has 14 heavy (non-hydrogen) atoms. The number of amides is 1. The molecule has 0 aromatic carbocycles. The monoisotopic (exact) mass is 203 g/mol. The van der Waals surface area contributed by atoms with Gasteiger partial charge in [-0.1, -0.05) is 52.9 Å². The molecule has 0 aliphatic rings. The van der Waals surface area contributed by atoms with Gasteiger partial charge in [-0.15, -0.1) is 0 Å². The molecule has 0 fully saturated rings. The van der Waals surface area contributed by atoms with Gasteiger partial charge in [-0.05, 0) is 6.42 Å². The summed E-state index contributed by atoms with van der Waals surface area (Å²) in [5.74, 6) is 0. The Hall–Kier alpha value is -0.730. The molecule has 0 unspecified atom stereocenters. The molecule has 0 atom stereocenters. The van der Waals surface area contributed by atoms with Crippen molar-refractivity contribution < 1.29 is 9.90 Å². The fourth-order valence-electron chi connectivity index (χ4n) is 0.872. The van der Waals surface area contributed by atoms with Crippen LogP contribution in [0.1, 0.15) is 59.3 Å². The Morgan fingerprint density at radius 2 is 1.43 bits per heavy atom. The molecular weight excluding hydrogens is 178 g/mol. The Morgan fingerprint density at radius 3 is 1.71 bits per heavy atom. The third kappa shape index (κ3) is 22.5. The number of carboxylic acid groups (broad SMARTS) is 1. The zero-order valence-corrected chi connectivity index (χ0v) is 9.81. The lowest BCUT2D eigenvalue weighted by Crippen LogP contribution is -2.21. The van der Waals surface area contributed by atoms with Crippen LogP contribution in [-0.2, 0) is 0 Å².